The van der Waals surface area contributed by atoms with Gasteiger partial charge in [0.05, 0.1) is 5.41 Å². The van der Waals surface area contributed by atoms with Crippen LogP contribution < -0.4 is 0 Å². The van der Waals surface area contributed by atoms with Crippen LogP contribution in [-0.4, -0.2) is 0 Å². The molecule has 264 valence electrons. The second kappa shape index (κ2) is 10.9. The lowest BCUT2D eigenvalue weighted by Gasteiger charge is -2.38. The Morgan fingerprint density at radius 2 is 0.660 bits per heavy atom. The summed E-state index contributed by atoms with van der Waals surface area (Å²) >= 11 is 0. The third kappa shape index (κ3) is 4.13. The largest absolute Gasteiger partial charge is 0.0713 e. The molecule has 53 heavy (non-hydrogen) atoms. The number of fused-ring (bicyclic) bond motifs is 2. The van der Waals surface area contributed by atoms with Gasteiger partial charge < -0.3 is 0 Å². The van der Waals surface area contributed by atoms with Crippen molar-refractivity contribution in [1.82, 2.24) is 0 Å². The van der Waals surface area contributed by atoms with Gasteiger partial charge in [-0.2, -0.15) is 0 Å². The maximum absolute atomic E-state index is 2.52. The summed E-state index contributed by atoms with van der Waals surface area (Å²) < 4.78 is 0. The van der Waals surface area contributed by atoms with Gasteiger partial charge in [-0.25, -0.2) is 0 Å². The average Bonchev–Trinajstić information content (AvgIpc) is 3.74. The third-order valence-electron chi connectivity index (χ3n) is 14.3. The Bertz CT molecular complexity index is 2330. The van der Waals surface area contributed by atoms with Crippen molar-refractivity contribution in [2.75, 3.05) is 0 Å². The Hall–Kier alpha value is -4.68. The topological polar surface area (TPSA) is 0 Å². The van der Waals surface area contributed by atoms with Crippen LogP contribution in [0, 0.1) is 27.7 Å². The van der Waals surface area contributed by atoms with Crippen molar-refractivity contribution in [3.05, 3.63) is 187 Å². The van der Waals surface area contributed by atoms with Crippen molar-refractivity contribution < 1.29 is 0 Å². The van der Waals surface area contributed by atoms with E-state index in [1.807, 2.05) is 0 Å². The summed E-state index contributed by atoms with van der Waals surface area (Å²) in [4.78, 5) is 0. The van der Waals surface area contributed by atoms with E-state index < -0.39 is 0 Å². The third-order valence-corrected chi connectivity index (χ3v) is 14.3. The normalized spacial score (nSPS) is 18.8. The first-order chi connectivity index (χ1) is 25.4. The van der Waals surface area contributed by atoms with Crippen LogP contribution in [0.4, 0.5) is 0 Å². The van der Waals surface area contributed by atoms with Crippen molar-refractivity contribution in [3.8, 4) is 22.3 Å². The highest BCUT2D eigenvalue weighted by molar-refractivity contribution is 5.96. The standard InChI is InChI=1S/C30H26.C23H26/c1-19-15-23-27-25(17-19)30(21-11-7-5-8-12-21,22-13-9-6-10-14-22)26-18-20(2)16-24(28(26)27)29(23,3)4;1-14-10-16-20-18(12-14)23(8-6-5-7-9-23)19-13-15(2)11-17(21(19)20)22(16,3)4/h5-18H,1-4H3;10-13H,5-9H2,1-4H3. The molecule has 5 aliphatic rings. The molecule has 6 aromatic rings. The van der Waals surface area contributed by atoms with Crippen LogP contribution >= 0.6 is 0 Å². The first-order valence-electron chi connectivity index (χ1n) is 20.1. The van der Waals surface area contributed by atoms with Gasteiger partial charge in [-0.1, -0.05) is 178 Å². The fraction of sp³-hybridized carbons (Fsp3) is 0.321. The molecule has 0 aliphatic heterocycles. The van der Waals surface area contributed by atoms with Crippen LogP contribution in [0.1, 0.15) is 138 Å². The molecule has 6 aromatic carbocycles. The molecule has 0 aromatic heterocycles. The maximum Gasteiger partial charge on any atom is 0.0713 e. The second-order valence-electron chi connectivity index (χ2n) is 18.3. The second-order valence-corrected chi connectivity index (χ2v) is 18.3. The minimum absolute atomic E-state index is 0.0335. The molecule has 0 unspecified atom stereocenters. The highest BCUT2D eigenvalue weighted by Crippen LogP contribution is 2.66. The Morgan fingerprint density at radius 1 is 0.358 bits per heavy atom. The molecule has 0 heterocycles. The fourth-order valence-electron chi connectivity index (χ4n) is 12.0. The van der Waals surface area contributed by atoms with Gasteiger partial charge >= 0.3 is 0 Å². The zero-order chi connectivity index (χ0) is 36.7. The van der Waals surface area contributed by atoms with Crippen LogP contribution in [0.15, 0.2) is 109 Å². The molecule has 0 radical (unpaired) electrons. The van der Waals surface area contributed by atoms with Gasteiger partial charge in [-0.3, -0.25) is 0 Å². The molecule has 1 saturated carbocycles. The summed E-state index contributed by atoms with van der Waals surface area (Å²) in [5.74, 6) is 0. The Balaban J connectivity index is 0.000000136. The number of hydrogen-bond donors (Lipinski definition) is 0. The number of rotatable bonds is 2. The summed E-state index contributed by atoms with van der Waals surface area (Å²) in [5, 5.41) is 0. The van der Waals surface area contributed by atoms with Gasteiger partial charge in [0.15, 0.2) is 0 Å². The summed E-state index contributed by atoms with van der Waals surface area (Å²) in [6.07, 6.45) is 6.87. The first kappa shape index (κ1) is 32.9. The lowest BCUT2D eigenvalue weighted by atomic mass is 9.65. The average molecular weight is 689 g/mol. The molecule has 1 fully saturated rings. The number of aryl methyl sites for hydroxylation is 4. The van der Waals surface area contributed by atoms with E-state index in [0.29, 0.717) is 5.41 Å². The van der Waals surface area contributed by atoms with Crippen LogP contribution in [0.25, 0.3) is 22.3 Å². The lowest BCUT2D eigenvalue weighted by molar-refractivity contribution is 0.351. The smallest absolute Gasteiger partial charge is 0.0622 e. The van der Waals surface area contributed by atoms with Gasteiger partial charge in [-0.05, 0) is 118 Å². The van der Waals surface area contributed by atoms with E-state index in [4.69, 9.17) is 0 Å². The van der Waals surface area contributed by atoms with E-state index in [0.717, 1.165) is 0 Å². The van der Waals surface area contributed by atoms with Crippen LogP contribution in [-0.2, 0) is 21.7 Å². The predicted octanol–water partition coefficient (Wildman–Crippen LogP) is 13.5. The zero-order valence-electron chi connectivity index (χ0n) is 32.9. The quantitative estimate of drug-likeness (QED) is 0.170. The van der Waals surface area contributed by atoms with Gasteiger partial charge in [0.1, 0.15) is 0 Å². The molecule has 0 amide bonds. The van der Waals surface area contributed by atoms with Gasteiger partial charge in [0, 0.05) is 16.2 Å². The lowest BCUT2D eigenvalue weighted by Crippen LogP contribution is -2.30. The van der Waals surface area contributed by atoms with Crippen LogP contribution in [0.3, 0.4) is 0 Å². The molecule has 0 bridgehead atoms. The number of benzene rings is 6. The molecule has 0 atom stereocenters. The molecule has 11 rings (SSSR count). The molecule has 0 saturated heterocycles. The van der Waals surface area contributed by atoms with Crippen molar-refractivity contribution >= 4 is 0 Å². The zero-order valence-corrected chi connectivity index (χ0v) is 32.9. The van der Waals surface area contributed by atoms with E-state index in [2.05, 4.69) is 165 Å². The van der Waals surface area contributed by atoms with Crippen molar-refractivity contribution in [3.63, 3.8) is 0 Å². The Kier molecular flexibility index (Phi) is 6.80. The Labute approximate surface area is 317 Å². The van der Waals surface area contributed by atoms with Crippen molar-refractivity contribution in [1.29, 1.82) is 0 Å². The van der Waals surface area contributed by atoms with E-state index in [-0.39, 0.29) is 16.2 Å². The molecule has 0 nitrogen and oxygen atoms in total. The van der Waals surface area contributed by atoms with E-state index in [1.54, 1.807) is 33.4 Å². The van der Waals surface area contributed by atoms with Gasteiger partial charge in [0.25, 0.3) is 0 Å². The SMILES string of the molecule is Cc1cc2c3c(c1)C(c1ccccc1)(c1ccccc1)c1cc(C)cc(c1-3)C2(C)C.Cc1cc2c3c(c1)C1(CCCCC1)c1cc(C)cc(c1-3)C2(C)C. The first-order valence-corrected chi connectivity index (χ1v) is 20.1. The minimum atomic E-state index is -0.273. The van der Waals surface area contributed by atoms with Gasteiger partial charge in [0.2, 0.25) is 0 Å². The summed E-state index contributed by atoms with van der Waals surface area (Å²) in [6, 6.07) is 41.9. The predicted molar refractivity (Wildman–Crippen MR) is 223 cm³/mol. The molecule has 0 N–H and O–H groups in total. The molecule has 5 aliphatic carbocycles. The highest BCUT2D eigenvalue weighted by Gasteiger charge is 2.54. The summed E-state index contributed by atoms with van der Waals surface area (Å²) in [7, 11) is 0. The van der Waals surface area contributed by atoms with Crippen LogP contribution in [0.2, 0.25) is 0 Å². The summed E-state index contributed by atoms with van der Waals surface area (Å²) in [5.41, 5.74) is 27.0. The van der Waals surface area contributed by atoms with Crippen molar-refractivity contribution in [2.45, 2.75) is 109 Å². The molecule has 1 spiro atoms. The van der Waals surface area contributed by atoms with Gasteiger partial charge in [-0.15, -0.1) is 0 Å². The monoisotopic (exact) mass is 688 g/mol. The minimum Gasteiger partial charge on any atom is -0.0622 e. The summed E-state index contributed by atoms with van der Waals surface area (Å²) in [6.45, 7) is 18.7. The van der Waals surface area contributed by atoms with E-state index >= 15 is 0 Å². The fourth-order valence-corrected chi connectivity index (χ4v) is 12.0. The highest BCUT2D eigenvalue weighted by atomic mass is 14.6. The molecule has 0 heteroatoms. The molecular formula is C53H52. The Morgan fingerprint density at radius 3 is 1.02 bits per heavy atom. The van der Waals surface area contributed by atoms with Crippen molar-refractivity contribution in [2.24, 2.45) is 0 Å². The van der Waals surface area contributed by atoms with Crippen LogP contribution in [0.5, 0.6) is 0 Å². The maximum atomic E-state index is 2.52. The van der Waals surface area contributed by atoms with E-state index in [1.165, 1.54) is 98.9 Å². The number of hydrogen-bond acceptors (Lipinski definition) is 0. The van der Waals surface area contributed by atoms with E-state index in [9.17, 15) is 0 Å². The molecular weight excluding hydrogens is 637 g/mol.